The molecule has 0 atom stereocenters. The Labute approximate surface area is 218 Å². The summed E-state index contributed by atoms with van der Waals surface area (Å²) in [6.07, 6.45) is 2.89. The predicted octanol–water partition coefficient (Wildman–Crippen LogP) is 7.55. The zero-order valence-corrected chi connectivity index (χ0v) is 24.7. The van der Waals surface area contributed by atoms with Crippen molar-refractivity contribution < 1.29 is 13.9 Å². The van der Waals surface area contributed by atoms with E-state index in [0.717, 1.165) is 48.6 Å². The lowest BCUT2D eigenvalue weighted by Gasteiger charge is -2.36. The van der Waals surface area contributed by atoms with Gasteiger partial charge in [0.05, 0.1) is 20.8 Å². The number of rotatable bonds is 11. The van der Waals surface area contributed by atoms with Crippen LogP contribution in [0, 0.1) is 0 Å². The molecule has 0 aliphatic heterocycles. The van der Waals surface area contributed by atoms with Gasteiger partial charge in [-0.3, -0.25) is 4.99 Å². The van der Waals surface area contributed by atoms with Crippen LogP contribution >= 0.6 is 0 Å². The molecule has 1 aromatic heterocycles. The van der Waals surface area contributed by atoms with E-state index in [1.54, 1.807) is 14.2 Å². The summed E-state index contributed by atoms with van der Waals surface area (Å²) in [6.45, 7) is 15.0. The lowest BCUT2D eigenvalue weighted by molar-refractivity contribution is 0.290. The topological polar surface area (TPSA) is 45.0 Å². The van der Waals surface area contributed by atoms with Gasteiger partial charge in [0.1, 0.15) is 11.5 Å². The molecule has 0 radical (unpaired) electrons. The van der Waals surface area contributed by atoms with Crippen LogP contribution in [0.25, 0.3) is 10.9 Å². The van der Waals surface area contributed by atoms with Crippen molar-refractivity contribution in [2.75, 3.05) is 20.8 Å². The molecule has 0 saturated carbocycles. The smallest absolute Gasteiger partial charge is 0.191 e. The van der Waals surface area contributed by atoms with Crippen molar-refractivity contribution in [3.63, 3.8) is 0 Å². The van der Waals surface area contributed by atoms with Gasteiger partial charge in [0, 0.05) is 54.0 Å². The normalized spacial score (nSPS) is 12.9. The quantitative estimate of drug-likeness (QED) is 0.198. The van der Waals surface area contributed by atoms with Crippen LogP contribution in [0.4, 0.5) is 0 Å². The first-order valence-electron chi connectivity index (χ1n) is 13.0. The van der Waals surface area contributed by atoms with Crippen LogP contribution in [0.2, 0.25) is 18.1 Å². The minimum absolute atomic E-state index is 0.228. The van der Waals surface area contributed by atoms with Crippen molar-refractivity contribution in [3.05, 3.63) is 59.3 Å². The Morgan fingerprint density at radius 1 is 1.00 bits per heavy atom. The number of hydrogen-bond donors (Lipinski definition) is 0. The van der Waals surface area contributed by atoms with Crippen LogP contribution in [0.5, 0.6) is 11.5 Å². The van der Waals surface area contributed by atoms with Gasteiger partial charge in [-0.05, 0) is 60.4 Å². The fraction of sp³-hybridized carbons (Fsp3) is 0.500. The standard InChI is InChI=1S/C30H44N2O3Si/c1-10-11-27(31-21-23-12-14-26(33-6)20-29(23)34-7)22-13-15-28-24(18-22)19-25(32(28)5)16-17-35-36(8,9)30(2,3)4/h12-15,18-20H,10-11,16-17,21H2,1-9H3. The van der Waals surface area contributed by atoms with E-state index in [1.807, 2.05) is 18.2 Å². The number of nitrogens with zero attached hydrogens (tertiary/aromatic N) is 2. The molecule has 0 unspecified atom stereocenters. The molecule has 0 aliphatic carbocycles. The molecule has 0 amide bonds. The highest BCUT2D eigenvalue weighted by molar-refractivity contribution is 6.74. The summed E-state index contributed by atoms with van der Waals surface area (Å²) in [5, 5.41) is 1.48. The molecule has 3 rings (SSSR count). The summed E-state index contributed by atoms with van der Waals surface area (Å²) in [5.74, 6) is 1.59. The average molecular weight is 509 g/mol. The summed E-state index contributed by atoms with van der Waals surface area (Å²) < 4.78 is 19.6. The number of aryl methyl sites for hydroxylation is 1. The number of aromatic nitrogens is 1. The molecule has 0 fully saturated rings. The Bertz CT molecular complexity index is 1200. The molecular weight excluding hydrogens is 464 g/mol. The Hall–Kier alpha value is -2.57. The van der Waals surface area contributed by atoms with E-state index >= 15 is 0 Å². The average Bonchev–Trinajstić information content (AvgIpc) is 3.15. The number of ether oxygens (including phenoxy) is 2. The van der Waals surface area contributed by atoms with Gasteiger partial charge in [0.2, 0.25) is 0 Å². The van der Waals surface area contributed by atoms with Gasteiger partial charge in [-0.15, -0.1) is 0 Å². The van der Waals surface area contributed by atoms with Gasteiger partial charge in [0.25, 0.3) is 0 Å². The third kappa shape index (κ3) is 6.40. The molecule has 3 aromatic rings. The largest absolute Gasteiger partial charge is 0.497 e. The molecule has 0 saturated heterocycles. The molecule has 196 valence electrons. The van der Waals surface area contributed by atoms with Gasteiger partial charge in [-0.25, -0.2) is 0 Å². The van der Waals surface area contributed by atoms with Crippen LogP contribution in [0.1, 0.15) is 57.4 Å². The fourth-order valence-corrected chi connectivity index (χ4v) is 5.21. The van der Waals surface area contributed by atoms with E-state index in [-0.39, 0.29) is 5.04 Å². The summed E-state index contributed by atoms with van der Waals surface area (Å²) in [7, 11) is 3.77. The second-order valence-corrected chi connectivity index (χ2v) is 15.8. The molecule has 2 aromatic carbocycles. The summed E-state index contributed by atoms with van der Waals surface area (Å²) in [6, 6.07) is 14.9. The molecule has 5 nitrogen and oxygen atoms in total. The van der Waals surface area contributed by atoms with Gasteiger partial charge < -0.3 is 18.5 Å². The van der Waals surface area contributed by atoms with E-state index in [4.69, 9.17) is 18.9 Å². The molecule has 6 heteroatoms. The van der Waals surface area contributed by atoms with Crippen molar-refractivity contribution in [1.29, 1.82) is 0 Å². The van der Waals surface area contributed by atoms with Crippen LogP contribution in [-0.4, -0.2) is 39.4 Å². The number of fused-ring (bicyclic) bond motifs is 1. The van der Waals surface area contributed by atoms with Crippen LogP contribution in [0.15, 0.2) is 47.5 Å². The number of benzene rings is 2. The Balaban J connectivity index is 1.82. The van der Waals surface area contributed by atoms with Crippen LogP contribution < -0.4 is 9.47 Å². The molecule has 0 aliphatic rings. The molecule has 1 heterocycles. The highest BCUT2D eigenvalue weighted by atomic mass is 28.4. The third-order valence-corrected chi connectivity index (χ3v) is 12.1. The van der Waals surface area contributed by atoms with E-state index in [0.29, 0.717) is 6.54 Å². The maximum Gasteiger partial charge on any atom is 0.191 e. The lowest BCUT2D eigenvalue weighted by atomic mass is 10.0. The van der Waals surface area contributed by atoms with Crippen LogP contribution in [-0.2, 0) is 24.4 Å². The summed E-state index contributed by atoms with van der Waals surface area (Å²) >= 11 is 0. The fourth-order valence-electron chi connectivity index (χ4n) is 4.17. The van der Waals surface area contributed by atoms with Crippen molar-refractivity contribution in [2.45, 2.75) is 71.6 Å². The Morgan fingerprint density at radius 2 is 1.75 bits per heavy atom. The zero-order valence-electron chi connectivity index (χ0n) is 23.7. The first-order valence-corrected chi connectivity index (χ1v) is 15.9. The van der Waals surface area contributed by atoms with E-state index < -0.39 is 8.32 Å². The van der Waals surface area contributed by atoms with Gasteiger partial charge in [0.15, 0.2) is 8.32 Å². The van der Waals surface area contributed by atoms with Gasteiger partial charge in [-0.1, -0.05) is 40.2 Å². The van der Waals surface area contributed by atoms with E-state index in [9.17, 15) is 0 Å². The zero-order chi connectivity index (χ0) is 26.5. The molecule has 0 spiro atoms. The highest BCUT2D eigenvalue weighted by Crippen LogP contribution is 2.36. The minimum Gasteiger partial charge on any atom is -0.497 e. The minimum atomic E-state index is -1.74. The Kier molecular flexibility index (Phi) is 9.06. The maximum atomic E-state index is 6.44. The molecule has 0 bridgehead atoms. The highest BCUT2D eigenvalue weighted by Gasteiger charge is 2.36. The lowest BCUT2D eigenvalue weighted by Crippen LogP contribution is -2.41. The number of methoxy groups -OCH3 is 2. The van der Waals surface area contributed by atoms with Gasteiger partial charge >= 0.3 is 0 Å². The molecule has 0 N–H and O–H groups in total. The summed E-state index contributed by atoms with van der Waals surface area (Å²) in [4.78, 5) is 5.03. The monoisotopic (exact) mass is 508 g/mol. The second kappa shape index (κ2) is 11.7. The SMILES string of the molecule is CCCC(=NCc1ccc(OC)cc1OC)c1ccc2c(c1)cc(CCO[Si](C)(C)C(C)(C)C)n2C. The van der Waals surface area contributed by atoms with Crippen molar-refractivity contribution in [2.24, 2.45) is 12.0 Å². The van der Waals surface area contributed by atoms with Crippen molar-refractivity contribution >= 4 is 24.9 Å². The number of aliphatic imine (C=N–C) groups is 1. The third-order valence-electron chi connectivity index (χ3n) is 7.52. The summed E-state index contributed by atoms with van der Waals surface area (Å²) in [5.41, 5.74) is 5.92. The van der Waals surface area contributed by atoms with Crippen molar-refractivity contribution in [3.8, 4) is 11.5 Å². The first-order chi connectivity index (χ1) is 17.0. The Morgan fingerprint density at radius 3 is 2.39 bits per heavy atom. The van der Waals surface area contributed by atoms with Crippen molar-refractivity contribution in [1.82, 2.24) is 4.57 Å². The maximum absolute atomic E-state index is 6.44. The van der Waals surface area contributed by atoms with E-state index in [1.165, 1.54) is 22.2 Å². The van der Waals surface area contributed by atoms with E-state index in [2.05, 4.69) is 76.7 Å². The molecule has 36 heavy (non-hydrogen) atoms. The van der Waals surface area contributed by atoms with Crippen LogP contribution in [0.3, 0.4) is 0 Å². The number of hydrogen-bond acceptors (Lipinski definition) is 4. The molecular formula is C30H44N2O3Si. The second-order valence-electron chi connectivity index (χ2n) is 11.0. The first kappa shape index (κ1) is 28.0. The predicted molar refractivity (Wildman–Crippen MR) is 154 cm³/mol. The van der Waals surface area contributed by atoms with Gasteiger partial charge in [-0.2, -0.15) is 0 Å².